The minimum absolute atomic E-state index is 0.156. The first-order valence-corrected chi connectivity index (χ1v) is 9.39. The van der Waals surface area contributed by atoms with Crippen molar-refractivity contribution in [3.8, 4) is 0 Å². The quantitative estimate of drug-likeness (QED) is 0.606. The van der Waals surface area contributed by atoms with Crippen LogP contribution in [-0.4, -0.2) is 63.5 Å². The van der Waals surface area contributed by atoms with E-state index in [1.165, 1.54) is 16.7 Å². The fourth-order valence-corrected chi connectivity index (χ4v) is 4.26. The summed E-state index contributed by atoms with van der Waals surface area (Å²) in [5, 5.41) is 0. The lowest BCUT2D eigenvalue weighted by Gasteiger charge is -2.36. The first-order valence-electron chi connectivity index (χ1n) is 7.99. The molecule has 0 unspecified atom stereocenters. The summed E-state index contributed by atoms with van der Waals surface area (Å²) < 4.78 is 6.51. The van der Waals surface area contributed by atoms with Gasteiger partial charge in [0.1, 0.15) is 4.32 Å². The van der Waals surface area contributed by atoms with Gasteiger partial charge in [0, 0.05) is 25.4 Å². The second kappa shape index (κ2) is 7.21. The van der Waals surface area contributed by atoms with Crippen molar-refractivity contribution in [3.05, 3.63) is 35.4 Å². The number of morpholine rings is 1. The molecule has 1 aromatic rings. The van der Waals surface area contributed by atoms with Crippen LogP contribution in [0.4, 0.5) is 0 Å². The van der Waals surface area contributed by atoms with Gasteiger partial charge >= 0.3 is 0 Å². The number of benzene rings is 1. The molecule has 24 heavy (non-hydrogen) atoms. The van der Waals surface area contributed by atoms with Crippen molar-refractivity contribution in [2.75, 3.05) is 25.4 Å². The Balaban J connectivity index is 1.53. The Morgan fingerprint density at radius 1 is 1.17 bits per heavy atom. The Kier molecular flexibility index (Phi) is 5.22. The van der Waals surface area contributed by atoms with Crippen molar-refractivity contribution >= 4 is 40.1 Å². The minimum Gasteiger partial charge on any atom is -0.372 e. The summed E-state index contributed by atoms with van der Waals surface area (Å²) in [5.74, 6) is 0.177. The second-order valence-corrected chi connectivity index (χ2v) is 7.81. The fourth-order valence-electron chi connectivity index (χ4n) is 3.08. The van der Waals surface area contributed by atoms with Crippen molar-refractivity contribution in [2.45, 2.75) is 26.1 Å². The second-order valence-electron chi connectivity index (χ2n) is 6.08. The molecule has 2 aliphatic rings. The van der Waals surface area contributed by atoms with E-state index in [4.69, 9.17) is 17.0 Å². The number of hydrogen-bond acceptors (Lipinski definition) is 5. The summed E-state index contributed by atoms with van der Waals surface area (Å²) in [5.41, 5.74) is 0.983. The Morgan fingerprint density at radius 2 is 1.71 bits per heavy atom. The number of carbonyl (C=O) groups is 2. The van der Waals surface area contributed by atoms with Crippen LogP contribution in [0, 0.1) is 0 Å². The lowest BCUT2D eigenvalue weighted by Crippen LogP contribution is -2.47. The van der Waals surface area contributed by atoms with Crippen LogP contribution >= 0.6 is 24.0 Å². The summed E-state index contributed by atoms with van der Waals surface area (Å²) in [6.07, 6.45) is 0.312. The van der Waals surface area contributed by atoms with Gasteiger partial charge in [-0.3, -0.25) is 14.5 Å². The Labute approximate surface area is 151 Å². The third kappa shape index (κ3) is 3.48. The van der Waals surface area contributed by atoms with Gasteiger partial charge in [0.2, 0.25) is 0 Å². The predicted molar refractivity (Wildman–Crippen MR) is 98.4 cm³/mol. The summed E-state index contributed by atoms with van der Waals surface area (Å²) in [4.78, 5) is 28.1. The van der Waals surface area contributed by atoms with Crippen molar-refractivity contribution in [2.24, 2.45) is 0 Å². The van der Waals surface area contributed by atoms with Gasteiger partial charge in [-0.1, -0.05) is 36.1 Å². The van der Waals surface area contributed by atoms with E-state index >= 15 is 0 Å². The number of amides is 2. The van der Waals surface area contributed by atoms with Crippen LogP contribution in [0.3, 0.4) is 0 Å². The Morgan fingerprint density at radius 3 is 2.25 bits per heavy atom. The van der Waals surface area contributed by atoms with E-state index in [9.17, 15) is 9.59 Å². The van der Waals surface area contributed by atoms with Crippen molar-refractivity contribution in [1.82, 2.24) is 9.80 Å². The average molecular weight is 364 g/mol. The highest BCUT2D eigenvalue weighted by Crippen LogP contribution is 2.23. The number of nitrogens with zero attached hydrogens (tertiary/aromatic N) is 2. The zero-order valence-electron chi connectivity index (χ0n) is 13.7. The predicted octanol–water partition coefficient (Wildman–Crippen LogP) is 2.41. The van der Waals surface area contributed by atoms with Crippen molar-refractivity contribution < 1.29 is 14.3 Å². The SMILES string of the molecule is C[C@@H]1CN(C(=S)SCCN2C(=O)c3ccccc3C2=O)C[C@@H](C)O1. The zero-order chi connectivity index (χ0) is 17.3. The lowest BCUT2D eigenvalue weighted by molar-refractivity contribution is -0.0465. The van der Waals surface area contributed by atoms with E-state index in [0.29, 0.717) is 23.4 Å². The summed E-state index contributed by atoms with van der Waals surface area (Å²) in [6.45, 7) is 6.00. The van der Waals surface area contributed by atoms with Gasteiger partial charge in [0.25, 0.3) is 11.8 Å². The minimum atomic E-state index is -0.212. The summed E-state index contributed by atoms with van der Waals surface area (Å²) in [7, 11) is 0. The Bertz CT molecular complexity index is 635. The number of hydrogen-bond donors (Lipinski definition) is 0. The van der Waals surface area contributed by atoms with Crippen molar-refractivity contribution in [1.29, 1.82) is 0 Å². The van der Waals surface area contributed by atoms with Crippen LogP contribution < -0.4 is 0 Å². The first kappa shape index (κ1) is 17.4. The molecule has 7 heteroatoms. The van der Waals surface area contributed by atoms with Crippen molar-refractivity contribution in [3.63, 3.8) is 0 Å². The molecular weight excluding hydrogens is 344 g/mol. The van der Waals surface area contributed by atoms with Crippen LogP contribution in [-0.2, 0) is 4.74 Å². The molecule has 5 nitrogen and oxygen atoms in total. The molecule has 2 heterocycles. The van der Waals surface area contributed by atoms with Crippen LogP contribution in [0.5, 0.6) is 0 Å². The molecule has 1 fully saturated rings. The maximum Gasteiger partial charge on any atom is 0.261 e. The zero-order valence-corrected chi connectivity index (χ0v) is 15.4. The molecule has 128 valence electrons. The monoisotopic (exact) mass is 364 g/mol. The van der Waals surface area contributed by atoms with E-state index < -0.39 is 0 Å². The highest BCUT2D eigenvalue weighted by atomic mass is 32.2. The van der Waals surface area contributed by atoms with Gasteiger partial charge in [-0.25, -0.2) is 0 Å². The summed E-state index contributed by atoms with van der Waals surface area (Å²) >= 11 is 7.01. The summed E-state index contributed by atoms with van der Waals surface area (Å²) in [6, 6.07) is 6.95. The van der Waals surface area contributed by atoms with Crippen LogP contribution in [0.1, 0.15) is 34.6 Å². The maximum atomic E-state index is 12.3. The van der Waals surface area contributed by atoms with Gasteiger partial charge in [0.15, 0.2) is 0 Å². The van der Waals surface area contributed by atoms with E-state index in [2.05, 4.69) is 4.90 Å². The van der Waals surface area contributed by atoms with E-state index in [-0.39, 0.29) is 24.0 Å². The van der Waals surface area contributed by atoms with Crippen LogP contribution in [0.25, 0.3) is 0 Å². The standard InChI is InChI=1S/C17H20N2O3S2/c1-11-9-18(10-12(2)22-11)17(23)24-8-7-19-15(20)13-5-3-4-6-14(13)16(19)21/h3-6,11-12H,7-10H2,1-2H3/t11-,12-/m1/s1. The molecule has 0 aromatic heterocycles. The number of thioether (sulfide) groups is 1. The molecule has 3 rings (SSSR count). The van der Waals surface area contributed by atoms with Gasteiger partial charge in [-0.2, -0.15) is 0 Å². The van der Waals surface area contributed by atoms with Crippen LogP contribution in [0.2, 0.25) is 0 Å². The molecule has 2 aliphatic heterocycles. The number of imide groups is 1. The third-order valence-corrected chi connectivity index (χ3v) is 5.60. The third-order valence-electron chi connectivity index (χ3n) is 4.10. The largest absolute Gasteiger partial charge is 0.372 e. The van der Waals surface area contributed by atoms with Gasteiger partial charge in [-0.05, 0) is 26.0 Å². The van der Waals surface area contributed by atoms with E-state index in [1.54, 1.807) is 24.3 Å². The average Bonchev–Trinajstić information content (AvgIpc) is 2.79. The van der Waals surface area contributed by atoms with Gasteiger partial charge in [0.05, 0.1) is 23.3 Å². The van der Waals surface area contributed by atoms with Gasteiger partial charge < -0.3 is 9.64 Å². The first-order chi connectivity index (χ1) is 11.5. The smallest absolute Gasteiger partial charge is 0.261 e. The lowest BCUT2D eigenvalue weighted by atomic mass is 10.1. The van der Waals surface area contributed by atoms with Gasteiger partial charge in [-0.15, -0.1) is 0 Å². The molecule has 0 saturated carbocycles. The molecule has 0 N–H and O–H groups in total. The number of carbonyl (C=O) groups excluding carboxylic acids is 2. The molecular formula is C17H20N2O3S2. The van der Waals surface area contributed by atoms with E-state index in [1.807, 2.05) is 13.8 Å². The number of rotatable bonds is 3. The maximum absolute atomic E-state index is 12.3. The molecule has 1 aromatic carbocycles. The van der Waals surface area contributed by atoms with E-state index in [0.717, 1.165) is 17.4 Å². The number of ether oxygens (including phenoxy) is 1. The molecule has 0 radical (unpaired) electrons. The topological polar surface area (TPSA) is 49.9 Å². The highest BCUT2D eigenvalue weighted by molar-refractivity contribution is 8.22. The molecule has 0 aliphatic carbocycles. The molecule has 2 atom stereocenters. The van der Waals surface area contributed by atoms with Crippen LogP contribution in [0.15, 0.2) is 24.3 Å². The highest BCUT2D eigenvalue weighted by Gasteiger charge is 2.34. The molecule has 0 bridgehead atoms. The number of thiocarbonyl (C=S) groups is 1. The molecule has 0 spiro atoms. The number of fused-ring (bicyclic) bond motifs is 1. The Hall–Kier alpha value is -1.44. The fraction of sp³-hybridized carbons (Fsp3) is 0.471. The normalized spacial score (nSPS) is 23.6. The molecule has 2 amide bonds. The molecule has 1 saturated heterocycles.